The van der Waals surface area contributed by atoms with Gasteiger partial charge in [-0.15, -0.1) is 12.3 Å². The summed E-state index contributed by atoms with van der Waals surface area (Å²) < 4.78 is 5.67. The minimum atomic E-state index is -0.478. The van der Waals surface area contributed by atoms with Gasteiger partial charge in [0.1, 0.15) is 0 Å². The number of ether oxygens (including phenoxy) is 1. The summed E-state index contributed by atoms with van der Waals surface area (Å²) in [6.45, 7) is 3.77. The predicted octanol–water partition coefficient (Wildman–Crippen LogP) is 2.52. The summed E-state index contributed by atoms with van der Waals surface area (Å²) in [5.74, 6) is 2.62. The fourth-order valence-corrected chi connectivity index (χ4v) is 1.88. The summed E-state index contributed by atoms with van der Waals surface area (Å²) in [5.41, 5.74) is 1.13. The Morgan fingerprint density at radius 3 is 2.75 bits per heavy atom. The molecule has 0 aliphatic carbocycles. The Kier molecular flexibility index (Phi) is 8.73. The molecule has 0 radical (unpaired) electrons. The lowest BCUT2D eigenvalue weighted by atomic mass is 10.1. The molecule has 1 aromatic rings. The quantitative estimate of drug-likeness (QED) is 0.509. The maximum Gasteiger partial charge on any atom is 0.0897 e. The number of unbranched alkanes of at least 4 members (excludes halogenated alkanes) is 2. The normalized spacial score (nSPS) is 13.7. The summed E-state index contributed by atoms with van der Waals surface area (Å²) in [7, 11) is 0. The van der Waals surface area contributed by atoms with Gasteiger partial charge >= 0.3 is 0 Å². The smallest absolute Gasteiger partial charge is 0.0897 e. The van der Waals surface area contributed by atoms with Gasteiger partial charge in [0, 0.05) is 13.0 Å². The second kappa shape index (κ2) is 10.4. The molecular formula is C17H25NO2. The zero-order chi connectivity index (χ0) is 14.6. The molecule has 0 aliphatic rings. The van der Waals surface area contributed by atoms with Crippen LogP contribution < -0.4 is 5.32 Å². The molecule has 2 unspecified atom stereocenters. The van der Waals surface area contributed by atoms with Crippen molar-refractivity contribution in [2.24, 2.45) is 0 Å². The standard InChI is InChI=1S/C17H25NO2/c1-3-4-5-9-12-18-13-17(19)14-20-15(2)16-10-7-6-8-11-16/h1,6-8,10-11,15,17-19H,4-5,9,12-14H2,2H3. The van der Waals surface area contributed by atoms with Crippen molar-refractivity contribution in [3.63, 3.8) is 0 Å². The number of nitrogens with one attached hydrogen (secondary N) is 1. The van der Waals surface area contributed by atoms with Crippen molar-refractivity contribution in [3.05, 3.63) is 35.9 Å². The highest BCUT2D eigenvalue weighted by Crippen LogP contribution is 2.15. The molecule has 0 aliphatic heterocycles. The molecule has 1 rings (SSSR count). The van der Waals surface area contributed by atoms with Crippen LogP contribution in [0.1, 0.15) is 37.9 Å². The van der Waals surface area contributed by atoms with Gasteiger partial charge in [0.05, 0.1) is 18.8 Å². The summed E-state index contributed by atoms with van der Waals surface area (Å²) in [5, 5.41) is 13.0. The van der Waals surface area contributed by atoms with Crippen LogP contribution in [0.25, 0.3) is 0 Å². The lowest BCUT2D eigenvalue weighted by Gasteiger charge is -2.17. The molecule has 0 bridgehead atoms. The zero-order valence-electron chi connectivity index (χ0n) is 12.2. The lowest BCUT2D eigenvalue weighted by molar-refractivity contribution is -0.00197. The number of aliphatic hydroxyl groups excluding tert-OH is 1. The molecule has 3 nitrogen and oxygen atoms in total. The van der Waals surface area contributed by atoms with Gasteiger partial charge in [-0.1, -0.05) is 30.3 Å². The monoisotopic (exact) mass is 275 g/mol. The number of benzene rings is 1. The molecule has 0 aromatic heterocycles. The van der Waals surface area contributed by atoms with Crippen molar-refractivity contribution in [3.8, 4) is 12.3 Å². The lowest BCUT2D eigenvalue weighted by Crippen LogP contribution is -2.31. The molecule has 0 heterocycles. The van der Waals surface area contributed by atoms with Crippen LogP contribution >= 0.6 is 0 Å². The van der Waals surface area contributed by atoms with E-state index in [1.807, 2.05) is 37.3 Å². The maximum atomic E-state index is 9.83. The Morgan fingerprint density at radius 2 is 2.05 bits per heavy atom. The van der Waals surface area contributed by atoms with E-state index in [1.54, 1.807) is 0 Å². The van der Waals surface area contributed by atoms with Gasteiger partial charge in [0.25, 0.3) is 0 Å². The second-order valence-electron chi connectivity index (χ2n) is 4.91. The highest BCUT2D eigenvalue weighted by atomic mass is 16.5. The van der Waals surface area contributed by atoms with Crippen LogP contribution in [0, 0.1) is 12.3 Å². The Hall–Kier alpha value is -1.34. The number of rotatable bonds is 10. The van der Waals surface area contributed by atoms with Crippen LogP contribution in [-0.4, -0.2) is 30.9 Å². The van der Waals surface area contributed by atoms with E-state index in [0.717, 1.165) is 31.4 Å². The number of hydrogen-bond acceptors (Lipinski definition) is 3. The second-order valence-corrected chi connectivity index (χ2v) is 4.91. The Labute approximate surface area is 122 Å². The van der Waals surface area contributed by atoms with Crippen LogP contribution in [0.2, 0.25) is 0 Å². The van der Waals surface area contributed by atoms with Gasteiger partial charge in [0.15, 0.2) is 0 Å². The van der Waals surface area contributed by atoms with E-state index in [1.165, 1.54) is 0 Å². The molecule has 110 valence electrons. The molecule has 0 saturated heterocycles. The van der Waals surface area contributed by atoms with Crippen molar-refractivity contribution < 1.29 is 9.84 Å². The van der Waals surface area contributed by atoms with Crippen molar-refractivity contribution in [2.45, 2.75) is 38.4 Å². The Morgan fingerprint density at radius 1 is 1.30 bits per heavy atom. The third kappa shape index (κ3) is 7.30. The van der Waals surface area contributed by atoms with Gasteiger partial charge in [-0.25, -0.2) is 0 Å². The maximum absolute atomic E-state index is 9.83. The first-order valence-electron chi connectivity index (χ1n) is 7.23. The number of hydrogen-bond donors (Lipinski definition) is 2. The molecule has 1 aromatic carbocycles. The molecule has 2 N–H and O–H groups in total. The summed E-state index contributed by atoms with van der Waals surface area (Å²) >= 11 is 0. The molecule has 20 heavy (non-hydrogen) atoms. The molecule has 0 saturated carbocycles. The Balaban J connectivity index is 2.08. The summed E-state index contributed by atoms with van der Waals surface area (Å²) in [6, 6.07) is 10.0. The highest BCUT2D eigenvalue weighted by molar-refractivity contribution is 5.16. The van der Waals surface area contributed by atoms with Gasteiger partial charge < -0.3 is 15.2 Å². The average molecular weight is 275 g/mol. The molecular weight excluding hydrogens is 250 g/mol. The van der Waals surface area contributed by atoms with E-state index in [0.29, 0.717) is 13.2 Å². The third-order valence-corrected chi connectivity index (χ3v) is 3.11. The minimum absolute atomic E-state index is 0.00137. The first-order chi connectivity index (χ1) is 9.74. The van der Waals surface area contributed by atoms with Crippen LogP contribution in [0.3, 0.4) is 0 Å². The fraction of sp³-hybridized carbons (Fsp3) is 0.529. The van der Waals surface area contributed by atoms with Crippen LogP contribution in [-0.2, 0) is 4.74 Å². The van der Waals surface area contributed by atoms with E-state index in [-0.39, 0.29) is 6.10 Å². The topological polar surface area (TPSA) is 41.5 Å². The summed E-state index contributed by atoms with van der Waals surface area (Å²) in [6.07, 6.45) is 7.59. The van der Waals surface area contributed by atoms with Gasteiger partial charge in [-0.3, -0.25) is 0 Å². The highest BCUT2D eigenvalue weighted by Gasteiger charge is 2.09. The molecule has 2 atom stereocenters. The fourth-order valence-electron chi connectivity index (χ4n) is 1.88. The molecule has 3 heteroatoms. The van der Waals surface area contributed by atoms with E-state index in [2.05, 4.69) is 11.2 Å². The zero-order valence-corrected chi connectivity index (χ0v) is 12.2. The van der Waals surface area contributed by atoms with Crippen molar-refractivity contribution in [1.29, 1.82) is 0 Å². The first-order valence-corrected chi connectivity index (χ1v) is 7.23. The largest absolute Gasteiger partial charge is 0.389 e. The van der Waals surface area contributed by atoms with Crippen LogP contribution in [0.5, 0.6) is 0 Å². The van der Waals surface area contributed by atoms with Crippen molar-refractivity contribution >= 4 is 0 Å². The van der Waals surface area contributed by atoms with Crippen LogP contribution in [0.15, 0.2) is 30.3 Å². The number of terminal acetylenes is 1. The van der Waals surface area contributed by atoms with E-state index >= 15 is 0 Å². The van der Waals surface area contributed by atoms with E-state index in [9.17, 15) is 5.11 Å². The van der Waals surface area contributed by atoms with E-state index < -0.39 is 6.10 Å². The van der Waals surface area contributed by atoms with E-state index in [4.69, 9.17) is 11.2 Å². The predicted molar refractivity (Wildman–Crippen MR) is 82.4 cm³/mol. The van der Waals surface area contributed by atoms with Gasteiger partial charge in [0.2, 0.25) is 0 Å². The van der Waals surface area contributed by atoms with Gasteiger partial charge in [-0.05, 0) is 31.9 Å². The molecule has 0 amide bonds. The number of aliphatic hydroxyl groups is 1. The third-order valence-electron chi connectivity index (χ3n) is 3.11. The summed E-state index contributed by atoms with van der Waals surface area (Å²) in [4.78, 5) is 0. The minimum Gasteiger partial charge on any atom is -0.389 e. The Bertz CT molecular complexity index is 386. The average Bonchev–Trinajstić information content (AvgIpc) is 2.49. The SMILES string of the molecule is C#CCCCCNCC(O)COC(C)c1ccccc1. The van der Waals surface area contributed by atoms with Gasteiger partial charge in [-0.2, -0.15) is 0 Å². The first kappa shape index (κ1) is 16.7. The molecule has 0 spiro atoms. The van der Waals surface area contributed by atoms with Crippen molar-refractivity contribution in [2.75, 3.05) is 19.7 Å². The molecule has 0 fully saturated rings. The van der Waals surface area contributed by atoms with Crippen LogP contribution in [0.4, 0.5) is 0 Å². The van der Waals surface area contributed by atoms with Crippen molar-refractivity contribution in [1.82, 2.24) is 5.32 Å².